The minimum atomic E-state index is 0.807. The van der Waals surface area contributed by atoms with Crippen LogP contribution < -0.4 is 0 Å². The molecule has 0 aromatic carbocycles. The summed E-state index contributed by atoms with van der Waals surface area (Å²) >= 11 is 0. The lowest BCUT2D eigenvalue weighted by atomic mass is 10.1. The van der Waals surface area contributed by atoms with Gasteiger partial charge in [0, 0.05) is 10.5 Å². The summed E-state index contributed by atoms with van der Waals surface area (Å²) < 4.78 is 0. The predicted molar refractivity (Wildman–Crippen MR) is 144 cm³/mol. The van der Waals surface area contributed by atoms with Crippen LogP contribution in [-0.2, 0) is 0 Å². The van der Waals surface area contributed by atoms with E-state index in [0.29, 0.717) is 0 Å². The first kappa shape index (κ1) is 29.4. The Hall–Kier alpha value is 1.40. The summed E-state index contributed by atoms with van der Waals surface area (Å²) in [5.41, 5.74) is 0. The maximum absolute atomic E-state index is 2.42. The van der Waals surface area contributed by atoms with E-state index in [4.69, 9.17) is 0 Å². The number of unbranched alkanes of at least 4 members (excludes halogenated alkanes) is 12. The molecular formula is C24H50S4. The molecule has 0 spiro atoms. The van der Waals surface area contributed by atoms with Gasteiger partial charge in [0.2, 0.25) is 0 Å². The zero-order chi connectivity index (χ0) is 20.7. The first-order chi connectivity index (χ1) is 13.7. The highest BCUT2D eigenvalue weighted by molar-refractivity contribution is 9.26. The molecular weight excluding hydrogens is 417 g/mol. The fourth-order valence-electron chi connectivity index (χ4n) is 3.42. The van der Waals surface area contributed by atoms with Gasteiger partial charge in [-0.15, -0.1) is 0 Å². The monoisotopic (exact) mass is 466 g/mol. The zero-order valence-corrected chi connectivity index (χ0v) is 22.8. The van der Waals surface area contributed by atoms with Crippen molar-refractivity contribution >= 4 is 41.2 Å². The fourth-order valence-corrected chi connectivity index (χ4v) is 10.8. The van der Waals surface area contributed by atoms with E-state index in [2.05, 4.69) is 59.1 Å². The van der Waals surface area contributed by atoms with Crippen LogP contribution >= 0.6 is 41.2 Å². The van der Waals surface area contributed by atoms with E-state index in [0.717, 1.165) is 10.5 Å². The molecule has 28 heavy (non-hydrogen) atoms. The number of rotatable bonds is 23. The first-order valence-electron chi connectivity index (χ1n) is 12.4. The van der Waals surface area contributed by atoms with Gasteiger partial charge < -0.3 is 0 Å². The Labute approximate surface area is 194 Å². The first-order valence-corrected chi connectivity index (χ1v) is 17.3. The summed E-state index contributed by atoms with van der Waals surface area (Å²) in [4.78, 5) is 0. The molecule has 0 nitrogen and oxygen atoms in total. The summed E-state index contributed by atoms with van der Waals surface area (Å²) in [6.45, 7) is 9.36. The minimum Gasteiger partial charge on any atom is -0.0786 e. The van der Waals surface area contributed by atoms with Gasteiger partial charge in [-0.05, 0) is 38.9 Å². The van der Waals surface area contributed by atoms with Crippen LogP contribution in [0.3, 0.4) is 0 Å². The smallest absolute Gasteiger partial charge is 0.0159 e. The van der Waals surface area contributed by atoms with Crippen LogP contribution in [0.5, 0.6) is 0 Å². The van der Waals surface area contributed by atoms with Crippen LogP contribution in [0.15, 0.2) is 0 Å². The molecule has 0 saturated carbocycles. The van der Waals surface area contributed by atoms with Crippen molar-refractivity contribution in [1.29, 1.82) is 0 Å². The van der Waals surface area contributed by atoms with E-state index in [1.807, 2.05) is 9.83 Å². The van der Waals surface area contributed by atoms with Crippen molar-refractivity contribution in [3.05, 3.63) is 0 Å². The molecule has 0 aromatic heterocycles. The summed E-state index contributed by atoms with van der Waals surface area (Å²) in [6.07, 6.45) is 25.6. The summed E-state index contributed by atoms with van der Waals surface area (Å²) in [5.74, 6) is 0. The van der Waals surface area contributed by atoms with E-state index >= 15 is 0 Å². The molecule has 0 heterocycles. The standard InChI is InChI=1S/C24H50S4/c1-5-8-11-13-14-15-17-18-20-23(4)25-27-28-26-24(21-10-7-3)22-19-16-12-9-6-2/h23-24H,5-22H2,1-4H3. The highest BCUT2D eigenvalue weighted by Crippen LogP contribution is 2.48. The second-order valence-electron chi connectivity index (χ2n) is 8.37. The Balaban J connectivity index is 3.60. The van der Waals surface area contributed by atoms with Crippen LogP contribution in [0, 0.1) is 0 Å². The molecule has 0 bridgehead atoms. The van der Waals surface area contributed by atoms with Crippen LogP contribution in [-0.4, -0.2) is 10.5 Å². The third-order valence-electron chi connectivity index (χ3n) is 5.38. The highest BCUT2D eigenvalue weighted by Gasteiger charge is 2.11. The molecule has 0 aliphatic carbocycles. The highest BCUT2D eigenvalue weighted by atomic mass is 33.7. The molecule has 0 amide bonds. The van der Waals surface area contributed by atoms with E-state index in [9.17, 15) is 0 Å². The van der Waals surface area contributed by atoms with Crippen LogP contribution in [0.4, 0.5) is 0 Å². The van der Waals surface area contributed by atoms with Crippen molar-refractivity contribution in [3.8, 4) is 0 Å². The predicted octanol–water partition coefficient (Wildman–Crippen LogP) is 11.5. The van der Waals surface area contributed by atoms with Gasteiger partial charge >= 0.3 is 0 Å². The number of hydrogen-bond donors (Lipinski definition) is 0. The van der Waals surface area contributed by atoms with Crippen molar-refractivity contribution in [1.82, 2.24) is 0 Å². The van der Waals surface area contributed by atoms with Gasteiger partial charge in [-0.25, -0.2) is 0 Å². The van der Waals surface area contributed by atoms with Crippen molar-refractivity contribution in [2.75, 3.05) is 0 Å². The van der Waals surface area contributed by atoms with Crippen LogP contribution in [0.1, 0.15) is 143 Å². The Morgan fingerprint density at radius 1 is 0.464 bits per heavy atom. The maximum atomic E-state index is 2.42. The van der Waals surface area contributed by atoms with E-state index in [1.165, 1.54) is 116 Å². The zero-order valence-electron chi connectivity index (χ0n) is 19.5. The lowest BCUT2D eigenvalue weighted by Crippen LogP contribution is -2.01. The van der Waals surface area contributed by atoms with Crippen molar-refractivity contribution in [2.24, 2.45) is 0 Å². The largest absolute Gasteiger partial charge is 0.0786 e. The molecule has 4 heteroatoms. The van der Waals surface area contributed by atoms with Gasteiger partial charge in [0.25, 0.3) is 0 Å². The Kier molecular flexibility index (Phi) is 25.9. The minimum absolute atomic E-state index is 0.807. The van der Waals surface area contributed by atoms with Gasteiger partial charge in [-0.3, -0.25) is 0 Å². The topological polar surface area (TPSA) is 0 Å². The quantitative estimate of drug-likeness (QED) is 0.108. The molecule has 0 fully saturated rings. The second kappa shape index (κ2) is 24.7. The van der Waals surface area contributed by atoms with Crippen LogP contribution in [0.25, 0.3) is 0 Å². The Bertz CT molecular complexity index is 286. The lowest BCUT2D eigenvalue weighted by molar-refractivity contribution is 0.565. The van der Waals surface area contributed by atoms with E-state index in [1.54, 1.807) is 0 Å². The fraction of sp³-hybridized carbons (Fsp3) is 1.00. The molecule has 2 unspecified atom stereocenters. The summed E-state index contributed by atoms with van der Waals surface area (Å²) in [7, 11) is 8.38. The van der Waals surface area contributed by atoms with Gasteiger partial charge in [0.05, 0.1) is 0 Å². The SMILES string of the molecule is CCCCCCCCCCC(C)SSSSC(CCCC)CCCCCCC. The van der Waals surface area contributed by atoms with Gasteiger partial charge in [-0.2, -0.15) is 0 Å². The molecule has 0 rings (SSSR count). The Morgan fingerprint density at radius 3 is 1.46 bits per heavy atom. The maximum Gasteiger partial charge on any atom is 0.0159 e. The molecule has 2 atom stereocenters. The third-order valence-corrected chi connectivity index (χ3v) is 12.8. The van der Waals surface area contributed by atoms with Gasteiger partial charge in [0.1, 0.15) is 0 Å². The van der Waals surface area contributed by atoms with E-state index in [-0.39, 0.29) is 0 Å². The van der Waals surface area contributed by atoms with Crippen molar-refractivity contribution in [3.63, 3.8) is 0 Å². The van der Waals surface area contributed by atoms with E-state index < -0.39 is 0 Å². The van der Waals surface area contributed by atoms with Gasteiger partial charge in [-0.1, -0.05) is 146 Å². The number of hydrogen-bond acceptors (Lipinski definition) is 4. The van der Waals surface area contributed by atoms with Crippen molar-refractivity contribution in [2.45, 2.75) is 154 Å². The normalized spacial score (nSPS) is 13.7. The lowest BCUT2D eigenvalue weighted by Gasteiger charge is -2.15. The Morgan fingerprint density at radius 2 is 0.893 bits per heavy atom. The molecule has 0 radical (unpaired) electrons. The average molecular weight is 467 g/mol. The summed E-state index contributed by atoms with van der Waals surface area (Å²) in [6, 6.07) is 0. The van der Waals surface area contributed by atoms with Gasteiger partial charge in [0.15, 0.2) is 0 Å². The molecule has 0 aromatic rings. The van der Waals surface area contributed by atoms with Crippen LogP contribution in [0.2, 0.25) is 0 Å². The molecule has 170 valence electrons. The average Bonchev–Trinajstić information content (AvgIpc) is 2.70. The molecule has 0 aliphatic heterocycles. The second-order valence-corrected chi connectivity index (χ2v) is 14.9. The molecule has 0 aliphatic rings. The van der Waals surface area contributed by atoms with Crippen molar-refractivity contribution < 1.29 is 0 Å². The third kappa shape index (κ3) is 22.1. The summed E-state index contributed by atoms with van der Waals surface area (Å²) in [5, 5.41) is 1.68. The molecule has 0 N–H and O–H groups in total. The molecule has 0 saturated heterocycles.